The van der Waals surface area contributed by atoms with Crippen LogP contribution in [-0.4, -0.2) is 16.6 Å². The Balaban J connectivity index is 2.48. The fourth-order valence-corrected chi connectivity index (χ4v) is 3.91. The van der Waals surface area contributed by atoms with Crippen LogP contribution in [0.3, 0.4) is 0 Å². The van der Waals surface area contributed by atoms with Gasteiger partial charge in [0.05, 0.1) is 9.26 Å². The molecule has 1 heterocycles. The summed E-state index contributed by atoms with van der Waals surface area (Å²) in [7, 11) is 0. The van der Waals surface area contributed by atoms with Crippen LogP contribution in [0.2, 0.25) is 0 Å². The highest BCUT2D eigenvalue weighted by Crippen LogP contribution is 2.41. The molecule has 21 heavy (non-hydrogen) atoms. The van der Waals surface area contributed by atoms with Crippen LogP contribution in [0.25, 0.3) is 0 Å². The molecule has 1 aromatic heterocycles. The van der Waals surface area contributed by atoms with Crippen molar-refractivity contribution in [2.24, 2.45) is 5.92 Å². The fraction of sp³-hybridized carbons (Fsp3) is 0.750. The number of aromatic nitrogens is 2. The SMILES string of the molecule is CCOC1(c2nc(C(C)C)c(I)c(=O)[nH]2)CCC(C)CC1. The molecule has 1 fully saturated rings. The van der Waals surface area contributed by atoms with E-state index in [4.69, 9.17) is 9.72 Å². The van der Waals surface area contributed by atoms with Crippen LogP contribution in [0.1, 0.15) is 70.8 Å². The lowest BCUT2D eigenvalue weighted by Crippen LogP contribution is -2.38. The zero-order valence-electron chi connectivity index (χ0n) is 13.3. The second-order valence-corrected chi connectivity index (χ2v) is 7.46. The molecule has 0 atom stereocenters. The van der Waals surface area contributed by atoms with Crippen molar-refractivity contribution < 1.29 is 4.74 Å². The first-order valence-corrected chi connectivity index (χ1v) is 8.91. The van der Waals surface area contributed by atoms with Gasteiger partial charge in [0.1, 0.15) is 11.4 Å². The predicted molar refractivity (Wildman–Crippen MR) is 92.6 cm³/mol. The number of aromatic amines is 1. The van der Waals surface area contributed by atoms with Gasteiger partial charge < -0.3 is 9.72 Å². The van der Waals surface area contributed by atoms with Gasteiger partial charge in [-0.25, -0.2) is 4.98 Å². The molecule has 0 aromatic carbocycles. The predicted octanol–water partition coefficient (Wildman–Crippen LogP) is 3.94. The molecule has 5 heteroatoms. The summed E-state index contributed by atoms with van der Waals surface area (Å²) in [6.07, 6.45) is 4.10. The summed E-state index contributed by atoms with van der Waals surface area (Å²) in [6.45, 7) is 9.07. The second kappa shape index (κ2) is 6.77. The van der Waals surface area contributed by atoms with Crippen molar-refractivity contribution in [1.29, 1.82) is 0 Å². The molecule has 0 saturated heterocycles. The maximum Gasteiger partial charge on any atom is 0.264 e. The second-order valence-electron chi connectivity index (χ2n) is 6.38. The molecule has 0 bridgehead atoms. The number of nitrogens with zero attached hydrogens (tertiary/aromatic N) is 1. The molecule has 1 aliphatic rings. The molecule has 1 aliphatic carbocycles. The van der Waals surface area contributed by atoms with E-state index in [0.717, 1.165) is 43.1 Å². The third-order valence-electron chi connectivity index (χ3n) is 4.37. The molecule has 0 amide bonds. The summed E-state index contributed by atoms with van der Waals surface area (Å²) >= 11 is 2.09. The zero-order valence-corrected chi connectivity index (χ0v) is 15.5. The van der Waals surface area contributed by atoms with Crippen LogP contribution in [0.4, 0.5) is 0 Å². The summed E-state index contributed by atoms with van der Waals surface area (Å²) in [5, 5.41) is 0. The molecule has 1 aromatic rings. The van der Waals surface area contributed by atoms with E-state index in [1.165, 1.54) is 0 Å². The summed E-state index contributed by atoms with van der Waals surface area (Å²) in [4.78, 5) is 20.0. The van der Waals surface area contributed by atoms with Crippen molar-refractivity contribution in [3.63, 3.8) is 0 Å². The number of hydrogen-bond donors (Lipinski definition) is 1. The number of nitrogens with one attached hydrogen (secondary N) is 1. The first kappa shape index (κ1) is 16.9. The monoisotopic (exact) mass is 404 g/mol. The van der Waals surface area contributed by atoms with Gasteiger partial charge in [-0.15, -0.1) is 0 Å². The van der Waals surface area contributed by atoms with Crippen LogP contribution in [-0.2, 0) is 10.3 Å². The molecule has 1 N–H and O–H groups in total. The van der Waals surface area contributed by atoms with Crippen LogP contribution < -0.4 is 5.56 Å². The van der Waals surface area contributed by atoms with Crippen molar-refractivity contribution in [1.82, 2.24) is 9.97 Å². The molecule has 0 unspecified atom stereocenters. The number of halogens is 1. The topological polar surface area (TPSA) is 55.0 Å². The third kappa shape index (κ3) is 3.50. The quantitative estimate of drug-likeness (QED) is 0.774. The van der Waals surface area contributed by atoms with Crippen LogP contribution in [0.5, 0.6) is 0 Å². The Morgan fingerprint density at radius 1 is 1.43 bits per heavy atom. The van der Waals surface area contributed by atoms with Gasteiger partial charge >= 0.3 is 0 Å². The van der Waals surface area contributed by atoms with Crippen LogP contribution >= 0.6 is 22.6 Å². The number of ether oxygens (including phenoxy) is 1. The Kier molecular flexibility index (Phi) is 5.46. The Bertz CT molecular complexity index is 546. The van der Waals surface area contributed by atoms with E-state index in [1.807, 2.05) is 6.92 Å². The highest BCUT2D eigenvalue weighted by atomic mass is 127. The van der Waals surface area contributed by atoms with E-state index in [-0.39, 0.29) is 11.5 Å². The standard InChI is InChI=1S/C16H25IN2O2/c1-5-21-16(8-6-11(4)7-9-16)15-18-13(10(2)3)12(17)14(20)19-15/h10-11H,5-9H2,1-4H3,(H,18,19,20). The minimum absolute atomic E-state index is 0.0398. The Morgan fingerprint density at radius 3 is 2.57 bits per heavy atom. The molecule has 0 radical (unpaired) electrons. The van der Waals surface area contributed by atoms with Gasteiger partial charge in [0.2, 0.25) is 0 Å². The average molecular weight is 404 g/mol. The van der Waals surface area contributed by atoms with Crippen molar-refractivity contribution in [3.8, 4) is 0 Å². The van der Waals surface area contributed by atoms with Gasteiger partial charge in [-0.2, -0.15) is 0 Å². The van der Waals surface area contributed by atoms with Gasteiger partial charge in [-0.3, -0.25) is 4.79 Å². The Hall–Kier alpha value is -0.430. The largest absolute Gasteiger partial charge is 0.367 e. The summed E-state index contributed by atoms with van der Waals surface area (Å²) < 4.78 is 6.80. The minimum Gasteiger partial charge on any atom is -0.367 e. The molecule has 118 valence electrons. The van der Waals surface area contributed by atoms with Crippen molar-refractivity contribution in [3.05, 3.63) is 25.4 Å². The van der Waals surface area contributed by atoms with E-state index in [9.17, 15) is 4.79 Å². The van der Waals surface area contributed by atoms with Crippen LogP contribution in [0.15, 0.2) is 4.79 Å². The van der Waals surface area contributed by atoms with E-state index >= 15 is 0 Å². The zero-order chi connectivity index (χ0) is 15.6. The van der Waals surface area contributed by atoms with Gasteiger partial charge in [-0.1, -0.05) is 20.8 Å². The molecule has 4 nitrogen and oxygen atoms in total. The third-order valence-corrected chi connectivity index (χ3v) is 5.41. The summed E-state index contributed by atoms with van der Waals surface area (Å²) in [5.74, 6) is 1.68. The average Bonchev–Trinajstić information content (AvgIpc) is 2.44. The maximum atomic E-state index is 12.3. The molecular weight excluding hydrogens is 379 g/mol. The maximum absolute atomic E-state index is 12.3. The Labute approximate surface area is 140 Å². The van der Waals surface area contributed by atoms with Crippen molar-refractivity contribution >= 4 is 22.6 Å². The highest BCUT2D eigenvalue weighted by molar-refractivity contribution is 14.1. The number of hydrogen-bond acceptors (Lipinski definition) is 3. The molecule has 0 spiro atoms. The van der Waals surface area contributed by atoms with Gasteiger partial charge in [0.15, 0.2) is 0 Å². The van der Waals surface area contributed by atoms with Crippen molar-refractivity contribution in [2.45, 2.75) is 64.9 Å². The molecule has 1 saturated carbocycles. The first-order valence-electron chi connectivity index (χ1n) is 7.83. The van der Waals surface area contributed by atoms with E-state index in [0.29, 0.717) is 10.2 Å². The lowest BCUT2D eigenvalue weighted by molar-refractivity contribution is -0.0840. The van der Waals surface area contributed by atoms with E-state index < -0.39 is 5.60 Å². The van der Waals surface area contributed by atoms with Gasteiger partial charge in [0, 0.05) is 6.61 Å². The van der Waals surface area contributed by atoms with E-state index in [2.05, 4.69) is 48.3 Å². The molecule has 2 rings (SSSR count). The number of rotatable bonds is 4. The summed E-state index contributed by atoms with van der Waals surface area (Å²) in [6, 6.07) is 0. The lowest BCUT2D eigenvalue weighted by atomic mass is 9.78. The normalized spacial score (nSPS) is 26.3. The van der Waals surface area contributed by atoms with Gasteiger partial charge in [0.25, 0.3) is 5.56 Å². The molecular formula is C16H25IN2O2. The van der Waals surface area contributed by atoms with Crippen molar-refractivity contribution in [2.75, 3.05) is 6.61 Å². The smallest absolute Gasteiger partial charge is 0.264 e. The molecule has 0 aliphatic heterocycles. The highest BCUT2D eigenvalue weighted by Gasteiger charge is 2.39. The number of H-pyrrole nitrogens is 1. The van der Waals surface area contributed by atoms with Gasteiger partial charge in [-0.05, 0) is 67.0 Å². The Morgan fingerprint density at radius 2 is 2.05 bits per heavy atom. The fourth-order valence-electron chi connectivity index (χ4n) is 3.03. The minimum atomic E-state index is -0.408. The van der Waals surface area contributed by atoms with Crippen LogP contribution in [0, 0.1) is 9.49 Å². The summed E-state index contributed by atoms with van der Waals surface area (Å²) in [5.41, 5.74) is 0.433. The van der Waals surface area contributed by atoms with E-state index in [1.54, 1.807) is 0 Å². The lowest BCUT2D eigenvalue weighted by Gasteiger charge is -2.38. The first-order chi connectivity index (χ1) is 9.89.